The SMILES string of the molecule is C#CCN1c2ccccc2C(=O)N(Nc2ccccc2)C1c1ccccc1Br. The maximum absolute atomic E-state index is 13.4. The highest BCUT2D eigenvalue weighted by molar-refractivity contribution is 9.10. The van der Waals surface area contributed by atoms with Gasteiger partial charge in [0.15, 0.2) is 6.17 Å². The number of hydrazine groups is 1. The van der Waals surface area contributed by atoms with E-state index in [-0.39, 0.29) is 5.91 Å². The fourth-order valence-electron chi connectivity index (χ4n) is 3.44. The van der Waals surface area contributed by atoms with Crippen molar-refractivity contribution in [2.24, 2.45) is 0 Å². The molecule has 1 unspecified atom stereocenters. The summed E-state index contributed by atoms with van der Waals surface area (Å²) in [5.74, 6) is 2.64. The van der Waals surface area contributed by atoms with Crippen molar-refractivity contribution in [1.29, 1.82) is 0 Å². The predicted molar refractivity (Wildman–Crippen MR) is 116 cm³/mol. The summed E-state index contributed by atoms with van der Waals surface area (Å²) in [5, 5.41) is 1.65. The molecule has 0 aliphatic carbocycles. The molecule has 0 saturated carbocycles. The van der Waals surface area contributed by atoms with Crippen LogP contribution < -0.4 is 10.3 Å². The summed E-state index contributed by atoms with van der Waals surface area (Å²) < 4.78 is 0.911. The van der Waals surface area contributed by atoms with Gasteiger partial charge in [-0.05, 0) is 30.3 Å². The molecule has 4 nitrogen and oxygen atoms in total. The minimum atomic E-state index is -0.408. The number of para-hydroxylation sites is 2. The normalized spacial score (nSPS) is 15.7. The van der Waals surface area contributed by atoms with Gasteiger partial charge < -0.3 is 4.90 Å². The van der Waals surface area contributed by atoms with Crippen molar-refractivity contribution in [3.8, 4) is 12.3 Å². The monoisotopic (exact) mass is 431 g/mol. The Hall–Kier alpha value is -3.23. The number of carbonyl (C=O) groups excluding carboxylic acids is 1. The standard InChI is InChI=1S/C23H18BrN3O/c1-2-16-26-21-15-9-7-13-19(21)23(28)27(25-17-10-4-3-5-11-17)22(26)18-12-6-8-14-20(18)24/h1,3-15,22,25H,16H2. The zero-order valence-corrected chi connectivity index (χ0v) is 16.6. The molecule has 1 atom stereocenters. The van der Waals surface area contributed by atoms with Gasteiger partial charge in [-0.1, -0.05) is 70.4 Å². The Morgan fingerprint density at radius 3 is 2.39 bits per heavy atom. The van der Waals surface area contributed by atoms with Crippen LogP contribution in [0.2, 0.25) is 0 Å². The summed E-state index contributed by atoms with van der Waals surface area (Å²) in [7, 11) is 0. The first-order chi connectivity index (χ1) is 13.7. The van der Waals surface area contributed by atoms with Crippen molar-refractivity contribution in [3.63, 3.8) is 0 Å². The van der Waals surface area contributed by atoms with Crippen molar-refractivity contribution in [1.82, 2.24) is 5.01 Å². The topological polar surface area (TPSA) is 35.6 Å². The molecule has 0 fully saturated rings. The van der Waals surface area contributed by atoms with Crippen LogP contribution in [0.1, 0.15) is 22.1 Å². The highest BCUT2D eigenvalue weighted by Gasteiger charge is 2.39. The van der Waals surface area contributed by atoms with E-state index in [1.807, 2.05) is 78.9 Å². The molecule has 1 amide bonds. The molecule has 0 radical (unpaired) electrons. The third kappa shape index (κ3) is 3.23. The van der Waals surface area contributed by atoms with Crippen LogP contribution in [0.4, 0.5) is 11.4 Å². The van der Waals surface area contributed by atoms with Gasteiger partial charge in [0.05, 0.1) is 23.5 Å². The summed E-state index contributed by atoms with van der Waals surface area (Å²) in [5.41, 5.74) is 6.51. The number of hydrogen-bond donors (Lipinski definition) is 1. The van der Waals surface area contributed by atoms with Crippen LogP contribution in [0, 0.1) is 12.3 Å². The van der Waals surface area contributed by atoms with Gasteiger partial charge in [0.2, 0.25) is 0 Å². The van der Waals surface area contributed by atoms with Gasteiger partial charge >= 0.3 is 0 Å². The predicted octanol–water partition coefficient (Wildman–Crippen LogP) is 5.07. The Balaban J connectivity index is 1.89. The lowest BCUT2D eigenvalue weighted by Gasteiger charge is -2.45. The first-order valence-electron chi connectivity index (χ1n) is 8.89. The van der Waals surface area contributed by atoms with E-state index in [0.717, 1.165) is 21.4 Å². The van der Waals surface area contributed by atoms with Crippen LogP contribution in [-0.2, 0) is 0 Å². The van der Waals surface area contributed by atoms with Gasteiger partial charge in [-0.15, -0.1) is 6.42 Å². The maximum Gasteiger partial charge on any atom is 0.276 e. The molecule has 0 saturated heterocycles. The average molecular weight is 432 g/mol. The lowest BCUT2D eigenvalue weighted by Crippen LogP contribution is -2.52. The summed E-state index contributed by atoms with van der Waals surface area (Å²) >= 11 is 3.64. The number of hydrogen-bond acceptors (Lipinski definition) is 3. The average Bonchev–Trinajstić information content (AvgIpc) is 2.73. The Bertz CT molecular complexity index is 1040. The minimum absolute atomic E-state index is 0.103. The number of nitrogens with zero attached hydrogens (tertiary/aromatic N) is 2. The third-order valence-electron chi connectivity index (χ3n) is 4.67. The second-order valence-corrected chi connectivity index (χ2v) is 7.25. The van der Waals surface area contributed by atoms with Crippen LogP contribution in [0.3, 0.4) is 0 Å². The van der Waals surface area contributed by atoms with Gasteiger partial charge in [-0.2, -0.15) is 0 Å². The fraction of sp³-hybridized carbons (Fsp3) is 0.0870. The van der Waals surface area contributed by atoms with E-state index >= 15 is 0 Å². The molecule has 0 aromatic heterocycles. The molecule has 138 valence electrons. The Morgan fingerprint density at radius 1 is 0.964 bits per heavy atom. The van der Waals surface area contributed by atoms with Gasteiger partial charge in [0.1, 0.15) is 0 Å². The summed E-state index contributed by atoms with van der Waals surface area (Å²) in [6, 6.07) is 25.1. The van der Waals surface area contributed by atoms with Gasteiger partial charge in [0.25, 0.3) is 5.91 Å². The Kier molecular flexibility index (Phi) is 5.05. The van der Waals surface area contributed by atoms with Crippen molar-refractivity contribution in [2.45, 2.75) is 6.17 Å². The molecule has 3 aromatic rings. The molecule has 1 heterocycles. The summed E-state index contributed by atoms with van der Waals surface area (Å²) in [6.45, 7) is 0.364. The molecule has 5 heteroatoms. The van der Waals surface area contributed by atoms with Crippen LogP contribution in [0.5, 0.6) is 0 Å². The fourth-order valence-corrected chi connectivity index (χ4v) is 3.93. The molecular weight excluding hydrogens is 414 g/mol. The minimum Gasteiger partial charge on any atom is -0.334 e. The van der Waals surface area contributed by atoms with E-state index in [9.17, 15) is 4.79 Å². The number of terminal acetylenes is 1. The molecule has 3 aromatic carbocycles. The number of benzene rings is 3. The lowest BCUT2D eigenvalue weighted by atomic mass is 10.0. The second-order valence-electron chi connectivity index (χ2n) is 6.40. The highest BCUT2D eigenvalue weighted by Crippen LogP contribution is 2.40. The zero-order chi connectivity index (χ0) is 19.5. The molecule has 28 heavy (non-hydrogen) atoms. The van der Waals surface area contributed by atoms with E-state index in [2.05, 4.69) is 32.2 Å². The smallest absolute Gasteiger partial charge is 0.276 e. The van der Waals surface area contributed by atoms with Gasteiger partial charge in [0, 0.05) is 10.0 Å². The zero-order valence-electron chi connectivity index (χ0n) is 15.0. The van der Waals surface area contributed by atoms with Crippen LogP contribution >= 0.6 is 15.9 Å². The summed E-state index contributed by atoms with van der Waals surface area (Å²) in [6.07, 6.45) is 5.29. The first kappa shape index (κ1) is 18.1. The van der Waals surface area contributed by atoms with Gasteiger partial charge in [-0.25, -0.2) is 5.01 Å². The molecule has 4 rings (SSSR count). The highest BCUT2D eigenvalue weighted by atomic mass is 79.9. The molecule has 1 aliphatic rings. The molecule has 0 bridgehead atoms. The second kappa shape index (κ2) is 7.79. The van der Waals surface area contributed by atoms with E-state index in [1.54, 1.807) is 5.01 Å². The summed E-state index contributed by atoms with van der Waals surface area (Å²) in [4.78, 5) is 15.5. The number of amides is 1. The van der Waals surface area contributed by atoms with Crippen molar-refractivity contribution in [2.75, 3.05) is 16.9 Å². The van der Waals surface area contributed by atoms with Crippen molar-refractivity contribution in [3.05, 3.63) is 94.5 Å². The van der Waals surface area contributed by atoms with Gasteiger partial charge in [-0.3, -0.25) is 10.2 Å². The largest absolute Gasteiger partial charge is 0.334 e. The van der Waals surface area contributed by atoms with E-state index in [4.69, 9.17) is 6.42 Å². The van der Waals surface area contributed by atoms with E-state index < -0.39 is 6.17 Å². The molecule has 0 spiro atoms. The number of rotatable bonds is 4. The Morgan fingerprint density at radius 2 is 1.64 bits per heavy atom. The number of halogens is 1. The third-order valence-corrected chi connectivity index (χ3v) is 5.39. The van der Waals surface area contributed by atoms with Crippen LogP contribution in [0.25, 0.3) is 0 Å². The first-order valence-corrected chi connectivity index (χ1v) is 9.69. The number of anilines is 2. The maximum atomic E-state index is 13.4. The lowest BCUT2D eigenvalue weighted by molar-refractivity contribution is 0.0705. The van der Waals surface area contributed by atoms with Crippen molar-refractivity contribution < 1.29 is 4.79 Å². The van der Waals surface area contributed by atoms with Crippen molar-refractivity contribution >= 4 is 33.2 Å². The molecule has 1 N–H and O–H groups in total. The van der Waals surface area contributed by atoms with E-state index in [1.165, 1.54) is 0 Å². The van der Waals surface area contributed by atoms with Crippen LogP contribution in [-0.4, -0.2) is 17.5 Å². The number of nitrogens with one attached hydrogen (secondary N) is 1. The number of carbonyl (C=O) groups is 1. The van der Waals surface area contributed by atoms with Crippen LogP contribution in [0.15, 0.2) is 83.3 Å². The molecular formula is C23H18BrN3O. The van der Waals surface area contributed by atoms with E-state index in [0.29, 0.717) is 12.1 Å². The molecule has 1 aliphatic heterocycles. The Labute approximate surface area is 172 Å². The quantitative estimate of drug-likeness (QED) is 0.585. The number of fused-ring (bicyclic) bond motifs is 1.